The van der Waals surface area contributed by atoms with E-state index in [1.807, 2.05) is 12.1 Å². The summed E-state index contributed by atoms with van der Waals surface area (Å²) in [6.45, 7) is 1.11. The second-order valence-corrected chi connectivity index (χ2v) is 5.90. The van der Waals surface area contributed by atoms with E-state index in [0.717, 1.165) is 3.79 Å². The van der Waals surface area contributed by atoms with Crippen molar-refractivity contribution in [1.29, 1.82) is 0 Å². The number of nitrogens with one attached hydrogen (secondary N) is 1. The fraction of sp³-hybridized carbons (Fsp3) is 0.444. The van der Waals surface area contributed by atoms with Crippen LogP contribution in [0.3, 0.4) is 0 Å². The van der Waals surface area contributed by atoms with Crippen LogP contribution in [-0.4, -0.2) is 25.0 Å². The first kappa shape index (κ1) is 13.0. The third-order valence-corrected chi connectivity index (χ3v) is 3.66. The Morgan fingerprint density at radius 3 is 3.00 bits per heavy atom. The van der Waals surface area contributed by atoms with Crippen LogP contribution in [-0.2, 0) is 16.1 Å². The zero-order chi connectivity index (χ0) is 11.3. The number of alkyl halides is 1. The number of carbonyl (C=O) groups is 1. The molecule has 3 nitrogen and oxygen atoms in total. The van der Waals surface area contributed by atoms with Gasteiger partial charge >= 0.3 is 5.97 Å². The molecule has 0 aliphatic carbocycles. The number of methoxy groups -OCH3 is 1. The standard InChI is InChI=1S/C9H11BrClNO2S/c1-14-9(13)7(11)5-12-4-6-2-3-8(10)15-6/h2-3,7,12H,4-5H2,1H3. The number of rotatable bonds is 5. The predicted molar refractivity (Wildman–Crippen MR) is 65.4 cm³/mol. The van der Waals surface area contributed by atoms with E-state index < -0.39 is 11.3 Å². The third-order valence-electron chi connectivity index (χ3n) is 1.71. The topological polar surface area (TPSA) is 38.3 Å². The second kappa shape index (κ2) is 6.48. The Morgan fingerprint density at radius 2 is 2.47 bits per heavy atom. The highest BCUT2D eigenvalue weighted by atomic mass is 79.9. The van der Waals surface area contributed by atoms with Gasteiger partial charge in [-0.05, 0) is 28.1 Å². The minimum atomic E-state index is -0.626. The lowest BCUT2D eigenvalue weighted by Crippen LogP contribution is -2.29. The average molecular weight is 313 g/mol. The van der Waals surface area contributed by atoms with Crippen molar-refractivity contribution in [3.8, 4) is 0 Å². The number of ether oxygens (including phenoxy) is 1. The van der Waals surface area contributed by atoms with E-state index in [9.17, 15) is 4.79 Å². The second-order valence-electron chi connectivity index (χ2n) is 2.83. The molecular formula is C9H11BrClNO2S. The monoisotopic (exact) mass is 311 g/mol. The molecule has 1 N–H and O–H groups in total. The van der Waals surface area contributed by atoms with Crippen molar-refractivity contribution in [1.82, 2.24) is 5.32 Å². The number of carbonyl (C=O) groups excluding carboxylic acids is 1. The predicted octanol–water partition coefficient (Wildman–Crippen LogP) is 2.38. The smallest absolute Gasteiger partial charge is 0.325 e. The molecule has 0 bridgehead atoms. The Bertz CT molecular complexity index is 332. The van der Waals surface area contributed by atoms with Crippen molar-refractivity contribution in [2.75, 3.05) is 13.7 Å². The van der Waals surface area contributed by atoms with Gasteiger partial charge in [0.1, 0.15) is 5.38 Å². The van der Waals surface area contributed by atoms with Crippen LogP contribution in [0.2, 0.25) is 0 Å². The molecule has 0 amide bonds. The van der Waals surface area contributed by atoms with Crippen LogP contribution in [0.15, 0.2) is 15.9 Å². The summed E-state index contributed by atoms with van der Waals surface area (Å²) in [6, 6.07) is 4.00. The zero-order valence-electron chi connectivity index (χ0n) is 8.13. The number of hydrogen-bond donors (Lipinski definition) is 1. The summed E-state index contributed by atoms with van der Waals surface area (Å²) < 4.78 is 5.60. The summed E-state index contributed by atoms with van der Waals surface area (Å²) in [5, 5.41) is 2.46. The molecule has 0 aliphatic rings. The summed E-state index contributed by atoms with van der Waals surface area (Å²) in [4.78, 5) is 12.1. The number of thiophene rings is 1. The Hall–Kier alpha value is -0.100. The molecule has 1 atom stereocenters. The van der Waals surface area contributed by atoms with Crippen molar-refractivity contribution in [3.63, 3.8) is 0 Å². The quantitative estimate of drug-likeness (QED) is 0.670. The van der Waals surface area contributed by atoms with Gasteiger partial charge in [0, 0.05) is 18.0 Å². The summed E-state index contributed by atoms with van der Waals surface area (Å²) in [5.41, 5.74) is 0. The van der Waals surface area contributed by atoms with Crippen molar-refractivity contribution in [2.45, 2.75) is 11.9 Å². The van der Waals surface area contributed by atoms with Crippen LogP contribution in [0.5, 0.6) is 0 Å². The van der Waals surface area contributed by atoms with E-state index in [4.69, 9.17) is 11.6 Å². The minimum absolute atomic E-state index is 0.406. The molecule has 1 aromatic heterocycles. The molecule has 84 valence electrons. The van der Waals surface area contributed by atoms with Crippen LogP contribution < -0.4 is 5.32 Å². The maximum atomic E-state index is 11.0. The molecule has 0 fully saturated rings. The Labute approximate surface area is 106 Å². The van der Waals surface area contributed by atoms with Crippen molar-refractivity contribution >= 4 is 44.8 Å². The normalized spacial score (nSPS) is 12.5. The van der Waals surface area contributed by atoms with Gasteiger partial charge in [-0.3, -0.25) is 4.79 Å². The van der Waals surface area contributed by atoms with Gasteiger partial charge < -0.3 is 10.1 Å². The van der Waals surface area contributed by atoms with E-state index in [1.165, 1.54) is 12.0 Å². The Balaban J connectivity index is 2.24. The Kier molecular flexibility index (Phi) is 5.60. The van der Waals surface area contributed by atoms with E-state index in [-0.39, 0.29) is 0 Å². The van der Waals surface area contributed by atoms with Gasteiger partial charge in [-0.15, -0.1) is 22.9 Å². The zero-order valence-corrected chi connectivity index (χ0v) is 11.3. The summed E-state index contributed by atoms with van der Waals surface area (Å²) in [7, 11) is 1.33. The molecule has 0 spiro atoms. The highest BCUT2D eigenvalue weighted by Gasteiger charge is 2.14. The van der Waals surface area contributed by atoms with E-state index >= 15 is 0 Å². The summed E-state index contributed by atoms with van der Waals surface area (Å²) in [6.07, 6.45) is 0. The van der Waals surface area contributed by atoms with E-state index in [0.29, 0.717) is 13.1 Å². The SMILES string of the molecule is COC(=O)C(Cl)CNCc1ccc(Br)s1. The fourth-order valence-electron chi connectivity index (χ4n) is 0.980. The molecule has 0 aromatic carbocycles. The van der Waals surface area contributed by atoms with Gasteiger partial charge in [-0.25, -0.2) is 0 Å². The van der Waals surface area contributed by atoms with Gasteiger partial charge in [-0.1, -0.05) is 0 Å². The summed E-state index contributed by atoms with van der Waals surface area (Å²) >= 11 is 10.8. The van der Waals surface area contributed by atoms with Crippen LogP contribution in [0.25, 0.3) is 0 Å². The molecule has 1 unspecified atom stereocenters. The van der Waals surface area contributed by atoms with Crippen LogP contribution in [0, 0.1) is 0 Å². The van der Waals surface area contributed by atoms with E-state index in [1.54, 1.807) is 11.3 Å². The lowest BCUT2D eigenvalue weighted by molar-refractivity contribution is -0.140. The molecule has 6 heteroatoms. The van der Waals surface area contributed by atoms with Crippen LogP contribution in [0.1, 0.15) is 4.88 Å². The number of hydrogen-bond acceptors (Lipinski definition) is 4. The first-order chi connectivity index (χ1) is 7.13. The first-order valence-corrected chi connectivity index (χ1v) is 6.35. The molecule has 0 saturated heterocycles. The maximum Gasteiger partial charge on any atom is 0.325 e. The number of halogens is 2. The third kappa shape index (κ3) is 4.51. The fourth-order valence-corrected chi connectivity index (χ4v) is 2.63. The number of esters is 1. The van der Waals surface area contributed by atoms with Crippen molar-refractivity contribution in [3.05, 3.63) is 20.8 Å². The first-order valence-electron chi connectivity index (χ1n) is 4.30. The van der Waals surface area contributed by atoms with Crippen molar-refractivity contribution < 1.29 is 9.53 Å². The maximum absolute atomic E-state index is 11.0. The van der Waals surface area contributed by atoms with Crippen LogP contribution >= 0.6 is 38.9 Å². The van der Waals surface area contributed by atoms with E-state index in [2.05, 4.69) is 26.0 Å². The van der Waals surface area contributed by atoms with Gasteiger partial charge in [0.05, 0.1) is 10.9 Å². The molecular weight excluding hydrogens is 302 g/mol. The van der Waals surface area contributed by atoms with Gasteiger partial charge in [0.25, 0.3) is 0 Å². The van der Waals surface area contributed by atoms with Gasteiger partial charge in [0.2, 0.25) is 0 Å². The largest absolute Gasteiger partial charge is 0.468 e. The minimum Gasteiger partial charge on any atom is -0.468 e. The lowest BCUT2D eigenvalue weighted by Gasteiger charge is -2.07. The average Bonchev–Trinajstić information content (AvgIpc) is 2.63. The molecule has 0 saturated carbocycles. The molecule has 15 heavy (non-hydrogen) atoms. The molecule has 1 rings (SSSR count). The highest BCUT2D eigenvalue weighted by molar-refractivity contribution is 9.11. The lowest BCUT2D eigenvalue weighted by atomic mass is 10.4. The molecule has 0 radical (unpaired) electrons. The molecule has 0 aliphatic heterocycles. The molecule has 1 aromatic rings. The molecule has 1 heterocycles. The van der Waals surface area contributed by atoms with Crippen molar-refractivity contribution in [2.24, 2.45) is 0 Å². The Morgan fingerprint density at radius 1 is 1.73 bits per heavy atom. The summed E-state index contributed by atoms with van der Waals surface area (Å²) in [5.74, 6) is -0.406. The van der Waals surface area contributed by atoms with Gasteiger partial charge in [-0.2, -0.15) is 0 Å². The highest BCUT2D eigenvalue weighted by Crippen LogP contribution is 2.21. The van der Waals surface area contributed by atoms with Gasteiger partial charge in [0.15, 0.2) is 0 Å². The van der Waals surface area contributed by atoms with Crippen LogP contribution in [0.4, 0.5) is 0 Å².